The molecule has 118 valence electrons. The van der Waals surface area contributed by atoms with Crippen molar-refractivity contribution in [1.82, 2.24) is 10.3 Å². The Morgan fingerprint density at radius 3 is 2.55 bits per heavy atom. The summed E-state index contributed by atoms with van der Waals surface area (Å²) in [6.07, 6.45) is 4.80. The smallest absolute Gasteiger partial charge is 0.119 e. The van der Waals surface area contributed by atoms with E-state index < -0.39 is 0 Å². The van der Waals surface area contributed by atoms with E-state index in [0.29, 0.717) is 6.61 Å². The molecule has 3 nitrogen and oxygen atoms in total. The minimum Gasteiger partial charge on any atom is -0.492 e. The van der Waals surface area contributed by atoms with Crippen LogP contribution in [-0.4, -0.2) is 18.1 Å². The van der Waals surface area contributed by atoms with Gasteiger partial charge in [-0.1, -0.05) is 39.0 Å². The number of ether oxygens (including phenoxy) is 1. The highest BCUT2D eigenvalue weighted by atomic mass is 16.5. The molecular weight excluding hydrogens is 272 g/mol. The van der Waals surface area contributed by atoms with E-state index in [-0.39, 0.29) is 5.41 Å². The number of rotatable bonds is 8. The molecule has 1 aromatic heterocycles. The topological polar surface area (TPSA) is 34.1 Å². The third-order valence-corrected chi connectivity index (χ3v) is 4.12. The molecule has 2 rings (SSSR count). The number of benzene rings is 1. The van der Waals surface area contributed by atoms with Crippen LogP contribution in [0.3, 0.4) is 0 Å². The second kappa shape index (κ2) is 7.95. The first-order valence-corrected chi connectivity index (χ1v) is 7.95. The summed E-state index contributed by atoms with van der Waals surface area (Å²) in [5.41, 5.74) is 2.77. The number of hydrogen-bond donors (Lipinski definition) is 1. The average Bonchev–Trinajstić information content (AvgIpc) is 2.56. The second-order valence-corrected chi connectivity index (χ2v) is 6.15. The molecule has 1 heterocycles. The van der Waals surface area contributed by atoms with E-state index >= 15 is 0 Å². The van der Waals surface area contributed by atoms with Crippen LogP contribution in [0.1, 0.15) is 38.3 Å². The normalized spacial score (nSPS) is 11.4. The van der Waals surface area contributed by atoms with Crippen molar-refractivity contribution in [3.63, 3.8) is 0 Å². The third-order valence-electron chi connectivity index (χ3n) is 4.12. The van der Waals surface area contributed by atoms with Gasteiger partial charge in [-0.3, -0.25) is 4.98 Å². The zero-order valence-corrected chi connectivity index (χ0v) is 13.8. The summed E-state index contributed by atoms with van der Waals surface area (Å²) in [5, 5.41) is 3.35. The fourth-order valence-corrected chi connectivity index (χ4v) is 2.18. The fourth-order valence-electron chi connectivity index (χ4n) is 2.18. The number of hydrogen-bond acceptors (Lipinski definition) is 3. The maximum absolute atomic E-state index is 5.77. The van der Waals surface area contributed by atoms with E-state index in [2.05, 4.69) is 61.4 Å². The predicted molar refractivity (Wildman–Crippen MR) is 91.2 cm³/mol. The monoisotopic (exact) mass is 298 g/mol. The van der Waals surface area contributed by atoms with Gasteiger partial charge in [-0.2, -0.15) is 0 Å². The summed E-state index contributed by atoms with van der Waals surface area (Å²) < 4.78 is 5.77. The van der Waals surface area contributed by atoms with Gasteiger partial charge in [0.05, 0.1) is 0 Å². The molecule has 0 unspecified atom stereocenters. The quantitative estimate of drug-likeness (QED) is 0.750. The molecule has 0 atom stereocenters. The number of pyridine rings is 1. The van der Waals surface area contributed by atoms with Gasteiger partial charge in [-0.25, -0.2) is 0 Å². The first-order chi connectivity index (χ1) is 10.6. The maximum atomic E-state index is 5.77. The van der Waals surface area contributed by atoms with Crippen LogP contribution >= 0.6 is 0 Å². The third kappa shape index (κ3) is 4.85. The number of nitrogens with one attached hydrogen (secondary N) is 1. The number of nitrogens with zero attached hydrogens (tertiary/aromatic N) is 1. The highest BCUT2D eigenvalue weighted by molar-refractivity contribution is 5.31. The molecule has 0 saturated heterocycles. The Morgan fingerprint density at radius 2 is 1.91 bits per heavy atom. The SMILES string of the molecule is CCC(C)(C)c1ccc(OCCNCc2cccnc2)cc1. The Balaban J connectivity index is 1.71. The zero-order valence-electron chi connectivity index (χ0n) is 13.8. The van der Waals surface area contributed by atoms with E-state index in [0.717, 1.165) is 25.3 Å². The highest BCUT2D eigenvalue weighted by Gasteiger charge is 2.17. The molecule has 3 heteroatoms. The Labute approximate surface area is 133 Å². The lowest BCUT2D eigenvalue weighted by molar-refractivity contribution is 0.313. The second-order valence-electron chi connectivity index (χ2n) is 6.15. The maximum Gasteiger partial charge on any atom is 0.119 e. The van der Waals surface area contributed by atoms with Gasteiger partial charge in [0.25, 0.3) is 0 Å². The van der Waals surface area contributed by atoms with E-state index in [9.17, 15) is 0 Å². The summed E-state index contributed by atoms with van der Waals surface area (Å²) in [6, 6.07) is 12.5. The van der Waals surface area contributed by atoms with Gasteiger partial charge >= 0.3 is 0 Å². The molecule has 22 heavy (non-hydrogen) atoms. The van der Waals surface area contributed by atoms with Crippen molar-refractivity contribution >= 4 is 0 Å². The summed E-state index contributed by atoms with van der Waals surface area (Å²) in [4.78, 5) is 4.09. The van der Waals surface area contributed by atoms with Crippen molar-refractivity contribution in [3.05, 3.63) is 59.9 Å². The van der Waals surface area contributed by atoms with Crippen LogP contribution in [0.2, 0.25) is 0 Å². The molecule has 2 aromatic rings. The lowest BCUT2D eigenvalue weighted by atomic mass is 9.82. The molecule has 0 aliphatic carbocycles. The van der Waals surface area contributed by atoms with Crippen LogP contribution in [0.4, 0.5) is 0 Å². The molecule has 0 fully saturated rings. The summed E-state index contributed by atoms with van der Waals surface area (Å²) in [7, 11) is 0. The Kier molecular flexibility index (Phi) is 5.96. The van der Waals surface area contributed by atoms with E-state index in [4.69, 9.17) is 4.74 Å². The minimum absolute atomic E-state index is 0.226. The molecule has 0 aliphatic rings. The van der Waals surface area contributed by atoms with Gasteiger partial charge in [-0.05, 0) is 41.2 Å². The average molecular weight is 298 g/mol. The molecule has 1 N–H and O–H groups in total. The van der Waals surface area contributed by atoms with Crippen LogP contribution in [0.15, 0.2) is 48.8 Å². The first-order valence-electron chi connectivity index (χ1n) is 7.95. The van der Waals surface area contributed by atoms with E-state index in [1.165, 1.54) is 11.1 Å². The lowest BCUT2D eigenvalue weighted by Gasteiger charge is -2.23. The fraction of sp³-hybridized carbons (Fsp3) is 0.421. The summed E-state index contributed by atoms with van der Waals surface area (Å²) in [6.45, 7) is 9.06. The van der Waals surface area contributed by atoms with Crippen LogP contribution in [-0.2, 0) is 12.0 Å². The van der Waals surface area contributed by atoms with Crippen LogP contribution in [0, 0.1) is 0 Å². The van der Waals surface area contributed by atoms with Gasteiger partial charge in [-0.15, -0.1) is 0 Å². The van der Waals surface area contributed by atoms with E-state index in [1.807, 2.05) is 12.3 Å². The molecule has 0 radical (unpaired) electrons. The Morgan fingerprint density at radius 1 is 1.14 bits per heavy atom. The molecule has 0 spiro atoms. The molecule has 0 aliphatic heterocycles. The van der Waals surface area contributed by atoms with Crippen LogP contribution in [0.25, 0.3) is 0 Å². The standard InChI is InChI=1S/C19H26N2O/c1-4-19(2,3)17-7-9-18(10-8-17)22-13-12-21-15-16-6-5-11-20-14-16/h5-11,14,21H,4,12-13,15H2,1-3H3. The number of aromatic nitrogens is 1. The molecular formula is C19H26N2O. The van der Waals surface area contributed by atoms with Gasteiger partial charge in [0, 0.05) is 25.5 Å². The van der Waals surface area contributed by atoms with Crippen LogP contribution in [0.5, 0.6) is 5.75 Å². The van der Waals surface area contributed by atoms with Crippen molar-refractivity contribution in [2.45, 2.75) is 39.2 Å². The van der Waals surface area contributed by atoms with Gasteiger partial charge in [0.2, 0.25) is 0 Å². The zero-order chi connectivity index (χ0) is 15.8. The van der Waals surface area contributed by atoms with Crippen molar-refractivity contribution in [1.29, 1.82) is 0 Å². The highest BCUT2D eigenvalue weighted by Crippen LogP contribution is 2.27. The molecule has 1 aromatic carbocycles. The Hall–Kier alpha value is -1.87. The van der Waals surface area contributed by atoms with Gasteiger partial charge in [0.1, 0.15) is 12.4 Å². The lowest BCUT2D eigenvalue weighted by Crippen LogP contribution is -2.20. The summed E-state index contributed by atoms with van der Waals surface area (Å²) >= 11 is 0. The van der Waals surface area contributed by atoms with Crippen molar-refractivity contribution < 1.29 is 4.74 Å². The molecule has 0 bridgehead atoms. The van der Waals surface area contributed by atoms with Crippen LogP contribution < -0.4 is 10.1 Å². The predicted octanol–water partition coefficient (Wildman–Crippen LogP) is 3.94. The van der Waals surface area contributed by atoms with Crippen molar-refractivity contribution in [3.8, 4) is 5.75 Å². The summed E-state index contributed by atoms with van der Waals surface area (Å²) in [5.74, 6) is 0.929. The van der Waals surface area contributed by atoms with E-state index in [1.54, 1.807) is 6.20 Å². The van der Waals surface area contributed by atoms with Crippen molar-refractivity contribution in [2.24, 2.45) is 0 Å². The van der Waals surface area contributed by atoms with Gasteiger partial charge < -0.3 is 10.1 Å². The Bertz CT molecular complexity index is 549. The minimum atomic E-state index is 0.226. The van der Waals surface area contributed by atoms with Crippen molar-refractivity contribution in [2.75, 3.05) is 13.2 Å². The molecule has 0 amide bonds. The molecule has 0 saturated carbocycles. The largest absolute Gasteiger partial charge is 0.492 e. The first kappa shape index (κ1) is 16.5. The van der Waals surface area contributed by atoms with Gasteiger partial charge in [0.15, 0.2) is 0 Å².